The minimum atomic E-state index is -0.0398. The van der Waals surface area contributed by atoms with Gasteiger partial charge in [0.05, 0.1) is 6.04 Å². The molecule has 0 bridgehead atoms. The summed E-state index contributed by atoms with van der Waals surface area (Å²) >= 11 is 0. The molecule has 0 radical (unpaired) electrons. The first kappa shape index (κ1) is 17.4. The Labute approximate surface area is 123 Å². The van der Waals surface area contributed by atoms with E-state index >= 15 is 0 Å². The zero-order valence-corrected chi connectivity index (χ0v) is 13.6. The van der Waals surface area contributed by atoms with Crippen LogP contribution in [0.15, 0.2) is 0 Å². The maximum atomic E-state index is 12.0. The highest BCUT2D eigenvalue weighted by Gasteiger charge is 2.27. The first-order chi connectivity index (χ1) is 9.49. The lowest BCUT2D eigenvalue weighted by atomic mass is 10.1. The summed E-state index contributed by atoms with van der Waals surface area (Å²) < 4.78 is 0. The van der Waals surface area contributed by atoms with Crippen LogP contribution in [0.2, 0.25) is 0 Å². The zero-order valence-electron chi connectivity index (χ0n) is 13.6. The molecule has 118 valence electrons. The monoisotopic (exact) mass is 284 g/mol. The SMILES string of the molecule is CCCC(CN)N1CCN(C(C)C(=O)NC(C)C)CC1. The Balaban J connectivity index is 2.43. The zero-order chi connectivity index (χ0) is 15.1. The Bertz CT molecular complexity index is 288. The van der Waals surface area contributed by atoms with Crippen molar-refractivity contribution >= 4 is 5.91 Å². The second-order valence-electron chi connectivity index (χ2n) is 6.09. The van der Waals surface area contributed by atoms with Crippen LogP contribution in [0, 0.1) is 0 Å². The first-order valence-electron chi connectivity index (χ1n) is 7.98. The summed E-state index contributed by atoms with van der Waals surface area (Å²) in [5.41, 5.74) is 5.87. The smallest absolute Gasteiger partial charge is 0.237 e. The third-order valence-corrected chi connectivity index (χ3v) is 4.12. The van der Waals surface area contributed by atoms with Crippen molar-refractivity contribution in [2.24, 2.45) is 5.73 Å². The summed E-state index contributed by atoms with van der Waals surface area (Å²) in [6.07, 6.45) is 2.34. The molecule has 5 heteroatoms. The number of hydrogen-bond acceptors (Lipinski definition) is 4. The molecule has 1 heterocycles. The van der Waals surface area contributed by atoms with Gasteiger partial charge in [-0.2, -0.15) is 0 Å². The number of amides is 1. The molecule has 3 N–H and O–H groups in total. The fourth-order valence-corrected chi connectivity index (χ4v) is 2.84. The van der Waals surface area contributed by atoms with Gasteiger partial charge in [-0.05, 0) is 27.2 Å². The molecule has 1 fully saturated rings. The highest BCUT2D eigenvalue weighted by molar-refractivity contribution is 5.81. The molecule has 0 aromatic carbocycles. The fourth-order valence-electron chi connectivity index (χ4n) is 2.84. The lowest BCUT2D eigenvalue weighted by Gasteiger charge is -2.41. The topological polar surface area (TPSA) is 61.6 Å². The summed E-state index contributed by atoms with van der Waals surface area (Å²) in [6.45, 7) is 12.9. The minimum absolute atomic E-state index is 0.0398. The maximum absolute atomic E-state index is 12.0. The molecule has 0 aliphatic carbocycles. The molecule has 2 unspecified atom stereocenters. The average molecular weight is 284 g/mol. The van der Waals surface area contributed by atoms with Crippen molar-refractivity contribution < 1.29 is 4.79 Å². The standard InChI is InChI=1S/C15H32N4O/c1-5-6-14(11-16)19-9-7-18(8-10-19)13(4)15(20)17-12(2)3/h12-14H,5-11,16H2,1-4H3,(H,17,20). The van der Waals surface area contributed by atoms with Crippen LogP contribution in [0.4, 0.5) is 0 Å². The molecule has 1 amide bonds. The van der Waals surface area contributed by atoms with Gasteiger partial charge < -0.3 is 11.1 Å². The normalized spacial score (nSPS) is 20.9. The summed E-state index contributed by atoms with van der Waals surface area (Å²) in [5.74, 6) is 0.136. The van der Waals surface area contributed by atoms with E-state index in [9.17, 15) is 4.79 Å². The molecule has 0 saturated carbocycles. The highest BCUT2D eigenvalue weighted by atomic mass is 16.2. The number of nitrogens with zero attached hydrogens (tertiary/aromatic N) is 2. The molecule has 20 heavy (non-hydrogen) atoms. The number of nitrogens with two attached hydrogens (primary N) is 1. The van der Waals surface area contributed by atoms with E-state index in [1.54, 1.807) is 0 Å². The lowest BCUT2D eigenvalue weighted by molar-refractivity contribution is -0.127. The van der Waals surface area contributed by atoms with Crippen molar-refractivity contribution in [2.45, 2.75) is 58.7 Å². The van der Waals surface area contributed by atoms with Crippen molar-refractivity contribution in [1.29, 1.82) is 0 Å². The molecule has 1 saturated heterocycles. The second kappa shape index (κ2) is 8.60. The van der Waals surface area contributed by atoms with E-state index in [0.29, 0.717) is 6.04 Å². The van der Waals surface area contributed by atoms with Crippen LogP contribution < -0.4 is 11.1 Å². The van der Waals surface area contributed by atoms with Crippen molar-refractivity contribution in [1.82, 2.24) is 15.1 Å². The number of carbonyl (C=O) groups excluding carboxylic acids is 1. The summed E-state index contributed by atoms with van der Waals surface area (Å²) in [5, 5.41) is 2.99. The van der Waals surface area contributed by atoms with Gasteiger partial charge in [0.1, 0.15) is 0 Å². The number of nitrogens with one attached hydrogen (secondary N) is 1. The molecule has 2 atom stereocenters. The molecular formula is C15H32N4O. The summed E-state index contributed by atoms with van der Waals surface area (Å²) in [7, 11) is 0. The lowest BCUT2D eigenvalue weighted by Crippen LogP contribution is -2.57. The van der Waals surface area contributed by atoms with E-state index < -0.39 is 0 Å². The summed E-state index contributed by atoms with van der Waals surface area (Å²) in [4.78, 5) is 16.8. The van der Waals surface area contributed by atoms with E-state index in [2.05, 4.69) is 22.0 Å². The number of rotatable bonds is 7. The van der Waals surface area contributed by atoms with Crippen LogP contribution in [0.25, 0.3) is 0 Å². The van der Waals surface area contributed by atoms with E-state index in [0.717, 1.165) is 32.7 Å². The Morgan fingerprint density at radius 2 is 1.70 bits per heavy atom. The van der Waals surface area contributed by atoms with Gasteiger partial charge in [0.25, 0.3) is 0 Å². The van der Waals surface area contributed by atoms with Gasteiger partial charge in [-0.25, -0.2) is 0 Å². The van der Waals surface area contributed by atoms with Gasteiger partial charge in [-0.3, -0.25) is 14.6 Å². The molecule has 5 nitrogen and oxygen atoms in total. The van der Waals surface area contributed by atoms with Gasteiger partial charge in [0.15, 0.2) is 0 Å². The van der Waals surface area contributed by atoms with E-state index in [1.165, 1.54) is 12.8 Å². The summed E-state index contributed by atoms with van der Waals surface area (Å²) in [6, 6.07) is 0.668. The van der Waals surface area contributed by atoms with Gasteiger partial charge in [-0.1, -0.05) is 13.3 Å². The van der Waals surface area contributed by atoms with Gasteiger partial charge >= 0.3 is 0 Å². The Morgan fingerprint density at radius 1 is 1.15 bits per heavy atom. The highest BCUT2D eigenvalue weighted by Crippen LogP contribution is 2.12. The van der Waals surface area contributed by atoms with Crippen molar-refractivity contribution in [3.05, 3.63) is 0 Å². The van der Waals surface area contributed by atoms with E-state index in [-0.39, 0.29) is 18.0 Å². The predicted molar refractivity (Wildman–Crippen MR) is 83.6 cm³/mol. The number of piperazine rings is 1. The molecule has 1 aliphatic rings. The van der Waals surface area contributed by atoms with Gasteiger partial charge in [-0.15, -0.1) is 0 Å². The Kier molecular flexibility index (Phi) is 7.48. The van der Waals surface area contributed by atoms with Gasteiger partial charge in [0, 0.05) is 44.8 Å². The molecule has 0 aromatic rings. The second-order valence-corrected chi connectivity index (χ2v) is 6.09. The largest absolute Gasteiger partial charge is 0.353 e. The van der Waals surface area contributed by atoms with Crippen molar-refractivity contribution in [3.8, 4) is 0 Å². The molecule has 1 rings (SSSR count). The van der Waals surface area contributed by atoms with Crippen molar-refractivity contribution in [2.75, 3.05) is 32.7 Å². The minimum Gasteiger partial charge on any atom is -0.353 e. The number of carbonyl (C=O) groups is 1. The van der Waals surface area contributed by atoms with E-state index in [1.807, 2.05) is 20.8 Å². The quantitative estimate of drug-likeness (QED) is 0.720. The Hall–Kier alpha value is -0.650. The van der Waals surface area contributed by atoms with Crippen LogP contribution in [0.3, 0.4) is 0 Å². The molecule has 0 aromatic heterocycles. The molecule has 0 spiro atoms. The molecule has 1 aliphatic heterocycles. The van der Waals surface area contributed by atoms with Crippen LogP contribution >= 0.6 is 0 Å². The van der Waals surface area contributed by atoms with Crippen molar-refractivity contribution in [3.63, 3.8) is 0 Å². The molecular weight excluding hydrogens is 252 g/mol. The van der Waals surface area contributed by atoms with Crippen LogP contribution in [-0.4, -0.2) is 66.6 Å². The third kappa shape index (κ3) is 5.04. The average Bonchev–Trinajstić information content (AvgIpc) is 2.43. The van der Waals surface area contributed by atoms with Crippen LogP contribution in [0.5, 0.6) is 0 Å². The fraction of sp³-hybridized carbons (Fsp3) is 0.933. The first-order valence-corrected chi connectivity index (χ1v) is 7.98. The van der Waals surface area contributed by atoms with Crippen LogP contribution in [0.1, 0.15) is 40.5 Å². The maximum Gasteiger partial charge on any atom is 0.237 e. The third-order valence-electron chi connectivity index (χ3n) is 4.12. The Morgan fingerprint density at radius 3 is 2.15 bits per heavy atom. The van der Waals surface area contributed by atoms with Crippen LogP contribution in [-0.2, 0) is 4.79 Å². The van der Waals surface area contributed by atoms with Gasteiger partial charge in [0.2, 0.25) is 5.91 Å². The van der Waals surface area contributed by atoms with E-state index in [4.69, 9.17) is 5.73 Å². The predicted octanol–water partition coefficient (Wildman–Crippen LogP) is 0.645. The number of hydrogen-bond donors (Lipinski definition) is 2.